The highest BCUT2D eigenvalue weighted by Gasteiger charge is 2.22. The van der Waals surface area contributed by atoms with E-state index in [2.05, 4.69) is 29.1 Å². The maximum atomic E-state index is 12.9. The number of halogens is 1. The van der Waals surface area contributed by atoms with Gasteiger partial charge in [0.05, 0.1) is 17.9 Å². The van der Waals surface area contributed by atoms with Crippen molar-refractivity contribution in [3.05, 3.63) is 24.0 Å². The number of hydrogen-bond acceptors (Lipinski definition) is 4. The van der Waals surface area contributed by atoms with Gasteiger partial charge in [-0.05, 0) is 32.2 Å². The fourth-order valence-corrected chi connectivity index (χ4v) is 2.31. The van der Waals surface area contributed by atoms with Crippen LogP contribution in [0.15, 0.2) is 18.2 Å². The van der Waals surface area contributed by atoms with E-state index in [0.29, 0.717) is 18.3 Å². The molecule has 0 radical (unpaired) electrons. The van der Waals surface area contributed by atoms with E-state index in [0.717, 1.165) is 19.6 Å². The monoisotopic (exact) mass is 280 g/mol. The number of anilines is 2. The Balaban J connectivity index is 1.89. The van der Waals surface area contributed by atoms with Crippen molar-refractivity contribution in [2.24, 2.45) is 0 Å². The summed E-state index contributed by atoms with van der Waals surface area (Å²) in [4.78, 5) is 16.4. The molecule has 2 rings (SSSR count). The van der Waals surface area contributed by atoms with Gasteiger partial charge in [0, 0.05) is 25.7 Å². The minimum Gasteiger partial charge on any atom is -0.397 e. The van der Waals surface area contributed by atoms with Gasteiger partial charge in [-0.2, -0.15) is 0 Å². The largest absolute Gasteiger partial charge is 0.397 e. The first kappa shape index (κ1) is 14.7. The molecule has 0 saturated carbocycles. The van der Waals surface area contributed by atoms with Crippen molar-refractivity contribution in [2.75, 3.05) is 44.3 Å². The second-order valence-corrected chi connectivity index (χ2v) is 5.34. The minimum atomic E-state index is -0.409. The highest BCUT2D eigenvalue weighted by molar-refractivity contribution is 5.95. The molecule has 5 nitrogen and oxygen atoms in total. The highest BCUT2D eigenvalue weighted by atomic mass is 19.1. The Labute approximate surface area is 118 Å². The van der Waals surface area contributed by atoms with E-state index in [1.807, 2.05) is 0 Å². The van der Waals surface area contributed by atoms with E-state index in [1.54, 1.807) is 0 Å². The van der Waals surface area contributed by atoms with Gasteiger partial charge in [-0.1, -0.05) is 0 Å². The van der Waals surface area contributed by atoms with Gasteiger partial charge in [-0.15, -0.1) is 0 Å². The average Bonchev–Trinajstić information content (AvgIpc) is 2.37. The molecule has 1 unspecified atom stereocenters. The summed E-state index contributed by atoms with van der Waals surface area (Å²) < 4.78 is 12.9. The lowest BCUT2D eigenvalue weighted by molar-refractivity contribution is -0.117. The van der Waals surface area contributed by atoms with Crippen molar-refractivity contribution >= 4 is 17.3 Å². The smallest absolute Gasteiger partial charge is 0.238 e. The molecule has 1 aliphatic heterocycles. The van der Waals surface area contributed by atoms with Crippen LogP contribution in [0.25, 0.3) is 0 Å². The average molecular weight is 280 g/mol. The fraction of sp³-hybridized carbons (Fsp3) is 0.500. The summed E-state index contributed by atoms with van der Waals surface area (Å²) in [6.45, 7) is 5.15. The van der Waals surface area contributed by atoms with Crippen LogP contribution in [0.1, 0.15) is 6.92 Å². The molecule has 0 bridgehead atoms. The van der Waals surface area contributed by atoms with Crippen molar-refractivity contribution in [3.8, 4) is 0 Å². The Hall–Kier alpha value is -1.66. The second kappa shape index (κ2) is 6.19. The molecule has 110 valence electrons. The number of nitrogen functional groups attached to an aromatic ring is 1. The van der Waals surface area contributed by atoms with Gasteiger partial charge >= 0.3 is 0 Å². The summed E-state index contributed by atoms with van der Waals surface area (Å²) >= 11 is 0. The second-order valence-electron chi connectivity index (χ2n) is 5.34. The number of nitrogens with two attached hydrogens (primary N) is 1. The molecule has 1 aromatic carbocycles. The SMILES string of the molecule is CC1CN(CC(=O)Nc2ccc(F)cc2N)CCN1C. The maximum absolute atomic E-state index is 12.9. The van der Waals surface area contributed by atoms with Gasteiger partial charge in [0.2, 0.25) is 5.91 Å². The lowest BCUT2D eigenvalue weighted by Gasteiger charge is -2.37. The van der Waals surface area contributed by atoms with Crippen LogP contribution in [-0.4, -0.2) is 55.0 Å². The first-order valence-electron chi connectivity index (χ1n) is 6.73. The number of rotatable bonds is 3. The number of amides is 1. The standard InChI is InChI=1S/C14H21FN4O/c1-10-8-19(6-5-18(10)2)9-14(20)17-13-4-3-11(15)7-12(13)16/h3-4,7,10H,5-6,8-9,16H2,1-2H3,(H,17,20). The first-order chi connectivity index (χ1) is 9.45. The van der Waals surface area contributed by atoms with E-state index in [1.165, 1.54) is 18.2 Å². The van der Waals surface area contributed by atoms with Crippen LogP contribution in [0.4, 0.5) is 15.8 Å². The molecule has 3 N–H and O–H groups in total. The third kappa shape index (κ3) is 3.68. The number of nitrogens with zero attached hydrogens (tertiary/aromatic N) is 2. The lowest BCUT2D eigenvalue weighted by Crippen LogP contribution is -2.51. The van der Waals surface area contributed by atoms with E-state index < -0.39 is 5.82 Å². The van der Waals surface area contributed by atoms with Gasteiger partial charge < -0.3 is 16.0 Å². The number of piperazine rings is 1. The van der Waals surface area contributed by atoms with Crippen LogP contribution in [0.2, 0.25) is 0 Å². The number of likely N-dealkylation sites (N-methyl/N-ethyl adjacent to an activating group) is 1. The molecular weight excluding hydrogens is 259 g/mol. The number of benzene rings is 1. The summed E-state index contributed by atoms with van der Waals surface area (Å²) in [5.41, 5.74) is 6.37. The van der Waals surface area contributed by atoms with Crippen molar-refractivity contribution in [1.82, 2.24) is 9.80 Å². The summed E-state index contributed by atoms with van der Waals surface area (Å²) in [6.07, 6.45) is 0. The molecule has 1 amide bonds. The van der Waals surface area contributed by atoms with Crippen LogP contribution in [0, 0.1) is 5.82 Å². The maximum Gasteiger partial charge on any atom is 0.238 e. The van der Waals surface area contributed by atoms with Gasteiger partial charge in [0.25, 0.3) is 0 Å². The highest BCUT2D eigenvalue weighted by Crippen LogP contribution is 2.19. The Bertz CT molecular complexity index is 494. The summed E-state index contributed by atoms with van der Waals surface area (Å²) in [5.74, 6) is -0.534. The number of hydrogen-bond donors (Lipinski definition) is 2. The summed E-state index contributed by atoms with van der Waals surface area (Å²) in [7, 11) is 2.08. The Morgan fingerprint density at radius 3 is 2.90 bits per heavy atom. The molecule has 1 aliphatic rings. The Kier molecular flexibility index (Phi) is 4.57. The fourth-order valence-electron chi connectivity index (χ4n) is 2.31. The molecule has 20 heavy (non-hydrogen) atoms. The molecule has 0 aromatic heterocycles. The Morgan fingerprint density at radius 2 is 2.25 bits per heavy atom. The van der Waals surface area contributed by atoms with Crippen molar-refractivity contribution < 1.29 is 9.18 Å². The van der Waals surface area contributed by atoms with Crippen molar-refractivity contribution in [3.63, 3.8) is 0 Å². The van der Waals surface area contributed by atoms with Crippen LogP contribution >= 0.6 is 0 Å². The lowest BCUT2D eigenvalue weighted by atomic mass is 10.2. The normalized spacial score (nSPS) is 20.9. The zero-order valence-corrected chi connectivity index (χ0v) is 11.9. The quantitative estimate of drug-likeness (QED) is 0.810. The van der Waals surface area contributed by atoms with E-state index in [9.17, 15) is 9.18 Å². The molecule has 0 spiro atoms. The predicted octanol–water partition coefficient (Wildman–Crippen LogP) is 0.982. The molecule has 0 aliphatic carbocycles. The molecular formula is C14H21FN4O. The molecule has 1 saturated heterocycles. The zero-order chi connectivity index (χ0) is 14.7. The van der Waals surface area contributed by atoms with Crippen molar-refractivity contribution in [1.29, 1.82) is 0 Å². The molecule has 1 heterocycles. The zero-order valence-electron chi connectivity index (χ0n) is 11.9. The van der Waals surface area contributed by atoms with Crippen molar-refractivity contribution in [2.45, 2.75) is 13.0 Å². The van der Waals surface area contributed by atoms with E-state index in [-0.39, 0.29) is 11.6 Å². The van der Waals surface area contributed by atoms with Crippen LogP contribution < -0.4 is 11.1 Å². The van der Waals surface area contributed by atoms with Gasteiger partial charge in [0.1, 0.15) is 5.82 Å². The molecule has 6 heteroatoms. The van der Waals surface area contributed by atoms with Crippen LogP contribution in [-0.2, 0) is 4.79 Å². The van der Waals surface area contributed by atoms with Gasteiger partial charge in [0.15, 0.2) is 0 Å². The molecule has 1 atom stereocenters. The van der Waals surface area contributed by atoms with Crippen LogP contribution in [0.3, 0.4) is 0 Å². The summed E-state index contributed by atoms with van der Waals surface area (Å²) in [6, 6.07) is 4.40. The minimum absolute atomic E-state index is 0.125. The number of carbonyl (C=O) groups is 1. The Morgan fingerprint density at radius 1 is 1.50 bits per heavy atom. The van der Waals surface area contributed by atoms with E-state index in [4.69, 9.17) is 5.73 Å². The third-order valence-electron chi connectivity index (χ3n) is 3.70. The van der Waals surface area contributed by atoms with Gasteiger partial charge in [-0.3, -0.25) is 9.69 Å². The molecule has 1 fully saturated rings. The number of carbonyl (C=O) groups excluding carboxylic acids is 1. The first-order valence-corrected chi connectivity index (χ1v) is 6.73. The number of nitrogens with one attached hydrogen (secondary N) is 1. The predicted molar refractivity (Wildman–Crippen MR) is 78.0 cm³/mol. The van der Waals surface area contributed by atoms with Crippen LogP contribution in [0.5, 0.6) is 0 Å². The van der Waals surface area contributed by atoms with Gasteiger partial charge in [-0.25, -0.2) is 4.39 Å². The van der Waals surface area contributed by atoms with E-state index >= 15 is 0 Å². The topological polar surface area (TPSA) is 61.6 Å². The summed E-state index contributed by atoms with van der Waals surface area (Å²) in [5, 5.41) is 2.72. The third-order valence-corrected chi connectivity index (χ3v) is 3.70. The molecule has 1 aromatic rings.